The maximum Gasteiger partial charge on any atom is 0.255 e. The van der Waals surface area contributed by atoms with Gasteiger partial charge in [-0.05, 0) is 31.6 Å². The van der Waals surface area contributed by atoms with Crippen LogP contribution in [0.15, 0.2) is 24.3 Å². The molecule has 5 heteroatoms. The van der Waals surface area contributed by atoms with Crippen molar-refractivity contribution in [3.8, 4) is 5.75 Å². The number of rotatable bonds is 6. The van der Waals surface area contributed by atoms with Crippen LogP contribution in [-0.4, -0.2) is 66.6 Å². The number of hydrogen-bond donors (Lipinski definition) is 2. The van der Waals surface area contributed by atoms with E-state index in [2.05, 4.69) is 22.0 Å². The number of phenols is 1. The average molecular weight is 291 g/mol. The summed E-state index contributed by atoms with van der Waals surface area (Å²) in [7, 11) is 0. The summed E-state index contributed by atoms with van der Waals surface area (Å²) < 4.78 is 0. The van der Waals surface area contributed by atoms with Crippen LogP contribution >= 0.6 is 0 Å². The zero-order valence-electron chi connectivity index (χ0n) is 12.7. The summed E-state index contributed by atoms with van der Waals surface area (Å²) in [5, 5.41) is 12.5. The smallest absolute Gasteiger partial charge is 0.255 e. The average Bonchev–Trinajstić information content (AvgIpc) is 2.52. The minimum absolute atomic E-state index is 0.0330. The summed E-state index contributed by atoms with van der Waals surface area (Å²) in [5.74, 6) is -0.172. The number of amides is 1. The second kappa shape index (κ2) is 8.00. The van der Waals surface area contributed by atoms with E-state index in [1.165, 1.54) is 6.07 Å². The Morgan fingerprint density at radius 1 is 1.19 bits per heavy atom. The highest BCUT2D eigenvalue weighted by atomic mass is 16.3. The van der Waals surface area contributed by atoms with Crippen molar-refractivity contribution in [2.45, 2.75) is 13.3 Å². The van der Waals surface area contributed by atoms with Crippen molar-refractivity contribution >= 4 is 5.91 Å². The molecule has 1 aromatic carbocycles. The van der Waals surface area contributed by atoms with Crippen molar-refractivity contribution in [2.24, 2.45) is 0 Å². The van der Waals surface area contributed by atoms with Gasteiger partial charge in [-0.3, -0.25) is 4.79 Å². The number of aromatic hydroxyl groups is 1. The van der Waals surface area contributed by atoms with Gasteiger partial charge in [0.2, 0.25) is 0 Å². The fraction of sp³-hybridized carbons (Fsp3) is 0.562. The van der Waals surface area contributed by atoms with Gasteiger partial charge >= 0.3 is 0 Å². The second-order valence-electron chi connectivity index (χ2n) is 5.40. The van der Waals surface area contributed by atoms with E-state index in [0.717, 1.165) is 45.7 Å². The molecule has 1 amide bonds. The first kappa shape index (κ1) is 15.8. The van der Waals surface area contributed by atoms with E-state index in [1.54, 1.807) is 18.2 Å². The van der Waals surface area contributed by atoms with Crippen LogP contribution in [0.3, 0.4) is 0 Å². The van der Waals surface area contributed by atoms with Gasteiger partial charge in [0.25, 0.3) is 5.91 Å². The number of benzene rings is 1. The van der Waals surface area contributed by atoms with E-state index in [0.29, 0.717) is 12.1 Å². The molecule has 116 valence electrons. The minimum Gasteiger partial charge on any atom is -0.507 e. The zero-order chi connectivity index (χ0) is 15.1. The summed E-state index contributed by atoms with van der Waals surface area (Å²) in [6.07, 6.45) is 0.936. The lowest BCUT2D eigenvalue weighted by Crippen LogP contribution is -2.46. The monoisotopic (exact) mass is 291 g/mol. The van der Waals surface area contributed by atoms with Gasteiger partial charge in [-0.15, -0.1) is 0 Å². The number of carbonyl (C=O) groups is 1. The number of phenolic OH excluding ortho intramolecular Hbond substituents is 1. The van der Waals surface area contributed by atoms with E-state index in [-0.39, 0.29) is 11.7 Å². The van der Waals surface area contributed by atoms with Crippen LogP contribution in [0, 0.1) is 0 Å². The Balaban J connectivity index is 1.64. The minimum atomic E-state index is -0.205. The van der Waals surface area contributed by atoms with Crippen LogP contribution in [0.1, 0.15) is 23.7 Å². The van der Waals surface area contributed by atoms with Crippen molar-refractivity contribution < 1.29 is 9.90 Å². The molecule has 21 heavy (non-hydrogen) atoms. The summed E-state index contributed by atoms with van der Waals surface area (Å²) in [4.78, 5) is 16.8. The van der Waals surface area contributed by atoms with Gasteiger partial charge in [0.05, 0.1) is 5.56 Å². The summed E-state index contributed by atoms with van der Waals surface area (Å²) >= 11 is 0. The van der Waals surface area contributed by atoms with Crippen molar-refractivity contribution in [3.05, 3.63) is 29.8 Å². The number of likely N-dealkylation sites (N-methyl/N-ethyl adjacent to an activating group) is 1. The molecule has 0 radical (unpaired) electrons. The predicted octanol–water partition coefficient (Wildman–Crippen LogP) is 1.15. The first-order valence-corrected chi connectivity index (χ1v) is 7.71. The number of nitrogens with one attached hydrogen (secondary N) is 1. The Bertz CT molecular complexity index is 457. The Morgan fingerprint density at radius 3 is 2.52 bits per heavy atom. The van der Waals surface area contributed by atoms with E-state index in [9.17, 15) is 9.90 Å². The molecule has 1 aliphatic rings. The molecule has 0 bridgehead atoms. The molecule has 1 heterocycles. The van der Waals surface area contributed by atoms with E-state index < -0.39 is 0 Å². The number of carbonyl (C=O) groups excluding carboxylic acids is 1. The van der Waals surface area contributed by atoms with Gasteiger partial charge in [0.15, 0.2) is 0 Å². The van der Waals surface area contributed by atoms with Crippen LogP contribution in [-0.2, 0) is 0 Å². The summed E-state index contributed by atoms with van der Waals surface area (Å²) in [6.45, 7) is 9.48. The van der Waals surface area contributed by atoms with E-state index in [1.807, 2.05) is 0 Å². The molecule has 0 atom stereocenters. The molecule has 0 spiro atoms. The van der Waals surface area contributed by atoms with E-state index >= 15 is 0 Å². The van der Waals surface area contributed by atoms with Crippen molar-refractivity contribution in [2.75, 3.05) is 45.8 Å². The van der Waals surface area contributed by atoms with Crippen LogP contribution in [0.2, 0.25) is 0 Å². The number of nitrogens with zero attached hydrogens (tertiary/aromatic N) is 2. The topological polar surface area (TPSA) is 55.8 Å². The van der Waals surface area contributed by atoms with Gasteiger partial charge in [-0.25, -0.2) is 0 Å². The normalized spacial score (nSPS) is 16.8. The largest absolute Gasteiger partial charge is 0.507 e. The predicted molar refractivity (Wildman–Crippen MR) is 83.6 cm³/mol. The fourth-order valence-corrected chi connectivity index (χ4v) is 2.59. The SMILES string of the molecule is CCN1CCN(CCCNC(=O)c2ccccc2O)CC1. The molecule has 1 saturated heterocycles. The molecule has 1 aliphatic heterocycles. The third-order valence-corrected chi connectivity index (χ3v) is 4.00. The van der Waals surface area contributed by atoms with Gasteiger partial charge in [-0.2, -0.15) is 0 Å². The van der Waals surface area contributed by atoms with Crippen molar-refractivity contribution in [1.29, 1.82) is 0 Å². The third-order valence-electron chi connectivity index (χ3n) is 4.00. The number of piperazine rings is 1. The highest BCUT2D eigenvalue weighted by Crippen LogP contribution is 2.14. The zero-order valence-corrected chi connectivity index (χ0v) is 12.7. The standard InChI is InChI=1S/C16H25N3O2/c1-2-18-10-12-19(13-11-18)9-5-8-17-16(21)14-6-3-4-7-15(14)20/h3-4,6-7,20H,2,5,8-13H2,1H3,(H,17,21). The molecule has 5 nitrogen and oxygen atoms in total. The van der Waals surface area contributed by atoms with Gasteiger partial charge in [0, 0.05) is 32.7 Å². The number of para-hydroxylation sites is 1. The molecule has 1 fully saturated rings. The molecular weight excluding hydrogens is 266 g/mol. The number of hydrogen-bond acceptors (Lipinski definition) is 4. The summed E-state index contributed by atoms with van der Waals surface area (Å²) in [6, 6.07) is 6.63. The molecule has 0 aliphatic carbocycles. The highest BCUT2D eigenvalue weighted by molar-refractivity contribution is 5.96. The lowest BCUT2D eigenvalue weighted by Gasteiger charge is -2.33. The quantitative estimate of drug-likeness (QED) is 0.772. The Labute approximate surface area is 126 Å². The van der Waals surface area contributed by atoms with Crippen LogP contribution < -0.4 is 5.32 Å². The Morgan fingerprint density at radius 2 is 1.86 bits per heavy atom. The highest BCUT2D eigenvalue weighted by Gasteiger charge is 2.15. The first-order valence-electron chi connectivity index (χ1n) is 7.71. The van der Waals surface area contributed by atoms with Gasteiger partial charge in [0.1, 0.15) is 5.75 Å². The maximum atomic E-state index is 11.9. The molecule has 0 unspecified atom stereocenters. The molecule has 0 saturated carbocycles. The first-order chi connectivity index (χ1) is 10.2. The molecule has 1 aromatic rings. The lowest BCUT2D eigenvalue weighted by molar-refractivity contribution is 0.0945. The molecular formula is C16H25N3O2. The Hall–Kier alpha value is -1.59. The van der Waals surface area contributed by atoms with Crippen LogP contribution in [0.5, 0.6) is 5.75 Å². The van der Waals surface area contributed by atoms with Crippen LogP contribution in [0.25, 0.3) is 0 Å². The van der Waals surface area contributed by atoms with Crippen molar-refractivity contribution in [3.63, 3.8) is 0 Å². The van der Waals surface area contributed by atoms with Crippen molar-refractivity contribution in [1.82, 2.24) is 15.1 Å². The second-order valence-corrected chi connectivity index (χ2v) is 5.40. The third kappa shape index (κ3) is 4.72. The lowest BCUT2D eigenvalue weighted by atomic mass is 10.2. The molecule has 0 aromatic heterocycles. The summed E-state index contributed by atoms with van der Waals surface area (Å²) in [5.41, 5.74) is 0.342. The molecule has 2 rings (SSSR count). The van der Waals surface area contributed by atoms with Gasteiger partial charge < -0.3 is 20.2 Å². The fourth-order valence-electron chi connectivity index (χ4n) is 2.59. The molecule has 2 N–H and O–H groups in total. The van der Waals surface area contributed by atoms with Crippen LogP contribution in [0.4, 0.5) is 0 Å². The maximum absolute atomic E-state index is 11.9. The Kier molecular flexibility index (Phi) is 6.02. The van der Waals surface area contributed by atoms with E-state index in [4.69, 9.17) is 0 Å². The van der Waals surface area contributed by atoms with Gasteiger partial charge in [-0.1, -0.05) is 19.1 Å².